The fraction of sp³-hybridized carbons (Fsp3) is 0.364. The summed E-state index contributed by atoms with van der Waals surface area (Å²) in [6.07, 6.45) is 3.03. The summed E-state index contributed by atoms with van der Waals surface area (Å²) in [5, 5.41) is 14.3. The molecule has 7 heteroatoms. The van der Waals surface area contributed by atoms with Crippen molar-refractivity contribution in [2.75, 3.05) is 0 Å². The first-order valence-corrected chi connectivity index (χ1v) is 6.13. The van der Waals surface area contributed by atoms with Crippen molar-refractivity contribution in [2.24, 2.45) is 16.8 Å². The van der Waals surface area contributed by atoms with Gasteiger partial charge in [-0.2, -0.15) is 0 Å². The molecule has 0 spiro atoms. The van der Waals surface area contributed by atoms with Crippen LogP contribution in [0.3, 0.4) is 0 Å². The zero-order chi connectivity index (χ0) is 13.7. The summed E-state index contributed by atoms with van der Waals surface area (Å²) in [4.78, 5) is 15.9. The maximum absolute atomic E-state index is 12.0. The topological polar surface area (TPSA) is 101 Å². The first-order chi connectivity index (χ1) is 8.45. The summed E-state index contributed by atoms with van der Waals surface area (Å²) in [5.41, 5.74) is 5.94. The summed E-state index contributed by atoms with van der Waals surface area (Å²) < 4.78 is 0.708. The van der Waals surface area contributed by atoms with Gasteiger partial charge in [0.1, 0.15) is 0 Å². The summed E-state index contributed by atoms with van der Waals surface area (Å²) in [6.45, 7) is 3.73. The minimum absolute atomic E-state index is 0.00459. The molecule has 0 aliphatic rings. The van der Waals surface area contributed by atoms with E-state index >= 15 is 0 Å². The molecule has 0 saturated carbocycles. The van der Waals surface area contributed by atoms with Crippen LogP contribution in [0.4, 0.5) is 0 Å². The first kappa shape index (κ1) is 14.4. The number of amidine groups is 1. The highest BCUT2D eigenvalue weighted by molar-refractivity contribution is 9.10. The van der Waals surface area contributed by atoms with Crippen molar-refractivity contribution in [3.05, 3.63) is 28.5 Å². The van der Waals surface area contributed by atoms with Gasteiger partial charge < -0.3 is 16.3 Å². The number of nitrogens with zero attached hydrogens (tertiary/aromatic N) is 2. The Labute approximate surface area is 113 Å². The number of amides is 1. The van der Waals surface area contributed by atoms with E-state index in [4.69, 9.17) is 10.9 Å². The number of carbonyl (C=O) groups excluding carboxylic acids is 1. The molecule has 1 amide bonds. The summed E-state index contributed by atoms with van der Waals surface area (Å²) in [6, 6.07) is 1.12. The van der Waals surface area contributed by atoms with Crippen LogP contribution in [0, 0.1) is 5.92 Å². The maximum atomic E-state index is 12.0. The quantitative estimate of drug-likeness (QED) is 0.338. The van der Waals surface area contributed by atoms with Crippen LogP contribution in [0.15, 0.2) is 28.1 Å². The number of rotatable bonds is 4. The lowest BCUT2D eigenvalue weighted by Crippen LogP contribution is -2.47. The highest BCUT2D eigenvalue weighted by Gasteiger charge is 2.21. The van der Waals surface area contributed by atoms with Gasteiger partial charge >= 0.3 is 0 Å². The minimum atomic E-state index is -0.526. The lowest BCUT2D eigenvalue weighted by molar-refractivity contribution is 0.0938. The molecule has 1 rings (SSSR count). The number of nitrogens with two attached hydrogens (primary N) is 1. The molecule has 1 aromatic rings. The molecule has 0 fully saturated rings. The van der Waals surface area contributed by atoms with Gasteiger partial charge in [-0.15, -0.1) is 0 Å². The van der Waals surface area contributed by atoms with Gasteiger partial charge in [-0.25, -0.2) is 0 Å². The van der Waals surface area contributed by atoms with Crippen molar-refractivity contribution in [3.8, 4) is 0 Å². The fourth-order valence-electron chi connectivity index (χ4n) is 1.40. The highest BCUT2D eigenvalue weighted by atomic mass is 79.9. The predicted octanol–water partition coefficient (Wildman–Crippen LogP) is 1.34. The van der Waals surface area contributed by atoms with Gasteiger partial charge in [0, 0.05) is 16.9 Å². The third-order valence-electron chi connectivity index (χ3n) is 2.35. The van der Waals surface area contributed by atoms with Crippen molar-refractivity contribution >= 4 is 27.7 Å². The van der Waals surface area contributed by atoms with Crippen LogP contribution in [-0.4, -0.2) is 28.0 Å². The average molecular weight is 315 g/mol. The smallest absolute Gasteiger partial charge is 0.253 e. The molecule has 1 aromatic heterocycles. The van der Waals surface area contributed by atoms with Gasteiger partial charge in [-0.1, -0.05) is 19.0 Å². The van der Waals surface area contributed by atoms with Crippen LogP contribution in [0.25, 0.3) is 0 Å². The molecule has 1 heterocycles. The number of hydrogen-bond donors (Lipinski definition) is 3. The Morgan fingerprint density at radius 2 is 2.22 bits per heavy atom. The molecule has 1 atom stereocenters. The standard InChI is InChI=1S/C11H15BrN4O2/c1-6(2)9(10(13)16-18)15-11(17)7-3-8(12)5-14-4-7/h3-6,9,18H,1-2H3,(H2,13,16)(H,15,17). The van der Waals surface area contributed by atoms with E-state index in [1.807, 2.05) is 13.8 Å². The van der Waals surface area contributed by atoms with E-state index in [0.29, 0.717) is 10.0 Å². The van der Waals surface area contributed by atoms with E-state index in [1.54, 1.807) is 12.3 Å². The molecule has 0 radical (unpaired) electrons. The Morgan fingerprint density at radius 3 is 2.72 bits per heavy atom. The summed E-state index contributed by atoms with van der Waals surface area (Å²) in [5.74, 6) is -0.347. The third-order valence-corrected chi connectivity index (χ3v) is 2.79. The molecule has 6 nitrogen and oxygen atoms in total. The highest BCUT2D eigenvalue weighted by Crippen LogP contribution is 2.10. The number of hydrogen-bond acceptors (Lipinski definition) is 4. The molecule has 0 bridgehead atoms. The van der Waals surface area contributed by atoms with Gasteiger partial charge in [-0.05, 0) is 27.9 Å². The molecular weight excluding hydrogens is 300 g/mol. The predicted molar refractivity (Wildman–Crippen MR) is 71.4 cm³/mol. The van der Waals surface area contributed by atoms with E-state index in [2.05, 4.69) is 31.4 Å². The maximum Gasteiger partial charge on any atom is 0.253 e. The number of nitrogens with one attached hydrogen (secondary N) is 1. The Hall–Kier alpha value is -1.63. The van der Waals surface area contributed by atoms with Gasteiger partial charge in [0.15, 0.2) is 5.84 Å². The fourth-order valence-corrected chi connectivity index (χ4v) is 1.77. The summed E-state index contributed by atoms with van der Waals surface area (Å²) >= 11 is 3.24. The minimum Gasteiger partial charge on any atom is -0.409 e. The number of oxime groups is 1. The lowest BCUT2D eigenvalue weighted by atomic mass is 10.0. The van der Waals surface area contributed by atoms with E-state index in [-0.39, 0.29) is 17.7 Å². The SMILES string of the molecule is CC(C)C(NC(=O)c1cncc(Br)c1)C(N)=NO. The molecule has 18 heavy (non-hydrogen) atoms. The second-order valence-electron chi connectivity index (χ2n) is 4.11. The molecule has 0 aromatic carbocycles. The largest absolute Gasteiger partial charge is 0.409 e. The molecular formula is C11H15BrN4O2. The Bertz CT molecular complexity index is 462. The van der Waals surface area contributed by atoms with Crippen LogP contribution < -0.4 is 11.1 Å². The second kappa shape index (κ2) is 6.34. The van der Waals surface area contributed by atoms with E-state index in [9.17, 15) is 4.79 Å². The van der Waals surface area contributed by atoms with E-state index in [0.717, 1.165) is 0 Å². The first-order valence-electron chi connectivity index (χ1n) is 5.34. The van der Waals surface area contributed by atoms with Crippen molar-refractivity contribution in [1.82, 2.24) is 10.3 Å². The van der Waals surface area contributed by atoms with Crippen molar-refractivity contribution in [2.45, 2.75) is 19.9 Å². The van der Waals surface area contributed by atoms with Crippen molar-refractivity contribution in [1.29, 1.82) is 0 Å². The van der Waals surface area contributed by atoms with Crippen molar-refractivity contribution in [3.63, 3.8) is 0 Å². The van der Waals surface area contributed by atoms with Gasteiger partial charge in [0.2, 0.25) is 0 Å². The molecule has 1 unspecified atom stereocenters. The van der Waals surface area contributed by atoms with Crippen LogP contribution in [0.5, 0.6) is 0 Å². The van der Waals surface area contributed by atoms with E-state index < -0.39 is 6.04 Å². The van der Waals surface area contributed by atoms with Gasteiger partial charge in [0.05, 0.1) is 11.6 Å². The lowest BCUT2D eigenvalue weighted by Gasteiger charge is -2.20. The van der Waals surface area contributed by atoms with Gasteiger partial charge in [0.25, 0.3) is 5.91 Å². The Morgan fingerprint density at radius 1 is 1.56 bits per heavy atom. The number of aromatic nitrogens is 1. The Balaban J connectivity index is 2.85. The monoisotopic (exact) mass is 314 g/mol. The second-order valence-corrected chi connectivity index (χ2v) is 5.03. The van der Waals surface area contributed by atoms with Crippen LogP contribution >= 0.6 is 15.9 Å². The van der Waals surface area contributed by atoms with Gasteiger partial charge in [-0.3, -0.25) is 9.78 Å². The molecule has 98 valence electrons. The van der Waals surface area contributed by atoms with E-state index in [1.165, 1.54) is 6.20 Å². The zero-order valence-corrected chi connectivity index (χ0v) is 11.7. The van der Waals surface area contributed by atoms with Crippen molar-refractivity contribution < 1.29 is 10.0 Å². The average Bonchev–Trinajstić information content (AvgIpc) is 2.34. The normalized spacial score (nSPS) is 13.4. The third kappa shape index (κ3) is 3.69. The van der Waals surface area contributed by atoms with Crippen LogP contribution in [0.2, 0.25) is 0 Å². The zero-order valence-electron chi connectivity index (χ0n) is 10.1. The number of halogens is 1. The summed E-state index contributed by atoms with van der Waals surface area (Å²) in [7, 11) is 0. The van der Waals surface area contributed by atoms with Crippen LogP contribution in [-0.2, 0) is 0 Å². The molecule has 0 aliphatic carbocycles. The molecule has 0 aliphatic heterocycles. The molecule has 4 N–H and O–H groups in total. The van der Waals surface area contributed by atoms with Crippen LogP contribution in [0.1, 0.15) is 24.2 Å². The number of carbonyl (C=O) groups is 1. The Kier molecular flexibility index (Phi) is 5.08. The number of pyridine rings is 1. The molecule has 0 saturated heterocycles.